The van der Waals surface area contributed by atoms with Crippen LogP contribution in [-0.4, -0.2) is 42.9 Å². The Morgan fingerprint density at radius 2 is 1.77 bits per heavy atom. The van der Waals surface area contributed by atoms with Crippen molar-refractivity contribution >= 4 is 11.9 Å². The number of hydrogen-bond acceptors (Lipinski definition) is 6. The fourth-order valence-corrected chi connectivity index (χ4v) is 3.90. The van der Waals surface area contributed by atoms with Crippen molar-refractivity contribution in [3.8, 4) is 28.5 Å². The number of benzene rings is 3. The van der Waals surface area contributed by atoms with Crippen molar-refractivity contribution in [3.05, 3.63) is 107 Å². The Bertz CT molecular complexity index is 1720. The minimum Gasteiger partial charge on any atom is -0.480 e. The van der Waals surface area contributed by atoms with E-state index in [0.29, 0.717) is 11.1 Å². The number of carboxylic acids is 1. The highest BCUT2D eigenvalue weighted by Crippen LogP contribution is 2.25. The van der Waals surface area contributed by atoms with Crippen molar-refractivity contribution in [1.29, 1.82) is 0 Å². The SMILES string of the molecule is Cc1ccc(-c2nc(-c3ccc(CC(NC(=O)c4cnn(-c5ccc(F)c(F)c5)c4)C(=O)O)cc3F)no2)cc1. The Kier molecular flexibility index (Phi) is 7.15. The van der Waals surface area contributed by atoms with Crippen molar-refractivity contribution in [2.24, 2.45) is 0 Å². The van der Waals surface area contributed by atoms with Crippen molar-refractivity contribution in [2.75, 3.05) is 0 Å². The zero-order valence-electron chi connectivity index (χ0n) is 20.8. The molecule has 5 rings (SSSR count). The molecule has 0 fully saturated rings. The first-order valence-corrected chi connectivity index (χ1v) is 11.9. The molecule has 5 aromatic rings. The summed E-state index contributed by atoms with van der Waals surface area (Å²) in [7, 11) is 0. The highest BCUT2D eigenvalue weighted by molar-refractivity contribution is 5.96. The Morgan fingerprint density at radius 3 is 2.48 bits per heavy atom. The number of hydrogen-bond donors (Lipinski definition) is 2. The lowest BCUT2D eigenvalue weighted by atomic mass is 10.0. The Morgan fingerprint density at radius 1 is 1.00 bits per heavy atom. The predicted molar refractivity (Wildman–Crippen MR) is 136 cm³/mol. The van der Waals surface area contributed by atoms with Gasteiger partial charge in [-0.15, -0.1) is 0 Å². The van der Waals surface area contributed by atoms with Gasteiger partial charge in [0.2, 0.25) is 5.82 Å². The first-order chi connectivity index (χ1) is 19.2. The van der Waals surface area contributed by atoms with E-state index in [4.69, 9.17) is 4.52 Å². The van der Waals surface area contributed by atoms with Gasteiger partial charge in [0, 0.05) is 24.2 Å². The molecule has 0 saturated carbocycles. The maximum Gasteiger partial charge on any atom is 0.326 e. The number of nitrogens with zero attached hydrogens (tertiary/aromatic N) is 4. The number of aliphatic carboxylic acids is 1. The number of amides is 1. The van der Waals surface area contributed by atoms with Crippen LogP contribution in [0.15, 0.2) is 77.6 Å². The van der Waals surface area contributed by atoms with Gasteiger partial charge in [-0.05, 0) is 48.9 Å². The smallest absolute Gasteiger partial charge is 0.326 e. The minimum atomic E-state index is -1.40. The van der Waals surface area contributed by atoms with Crippen LogP contribution in [0.2, 0.25) is 0 Å². The fraction of sp³-hybridized carbons (Fsp3) is 0.107. The summed E-state index contributed by atoms with van der Waals surface area (Å²) in [5.41, 5.74) is 2.24. The van der Waals surface area contributed by atoms with E-state index in [9.17, 15) is 27.9 Å². The lowest BCUT2D eigenvalue weighted by molar-refractivity contribution is -0.139. The van der Waals surface area contributed by atoms with Crippen LogP contribution in [0.4, 0.5) is 13.2 Å². The predicted octanol–water partition coefficient (Wildman–Crippen LogP) is 4.74. The van der Waals surface area contributed by atoms with E-state index in [1.807, 2.05) is 19.1 Å². The van der Waals surface area contributed by atoms with Gasteiger partial charge in [-0.25, -0.2) is 22.6 Å². The molecule has 9 nitrogen and oxygen atoms in total. The zero-order chi connectivity index (χ0) is 28.4. The van der Waals surface area contributed by atoms with Gasteiger partial charge in [-0.1, -0.05) is 28.9 Å². The van der Waals surface area contributed by atoms with E-state index in [0.717, 1.165) is 34.6 Å². The summed E-state index contributed by atoms with van der Waals surface area (Å²) < 4.78 is 48.1. The van der Waals surface area contributed by atoms with E-state index >= 15 is 0 Å². The number of carbonyl (C=O) groups is 2. The molecule has 2 heterocycles. The zero-order valence-corrected chi connectivity index (χ0v) is 20.8. The number of aromatic nitrogens is 4. The molecule has 0 aliphatic heterocycles. The average molecular weight is 547 g/mol. The van der Waals surface area contributed by atoms with Gasteiger partial charge in [0.1, 0.15) is 11.9 Å². The first-order valence-electron chi connectivity index (χ1n) is 11.9. The third-order valence-corrected chi connectivity index (χ3v) is 6.05. The molecule has 0 bridgehead atoms. The van der Waals surface area contributed by atoms with Gasteiger partial charge < -0.3 is 14.9 Å². The molecule has 1 atom stereocenters. The van der Waals surface area contributed by atoms with Crippen molar-refractivity contribution < 1.29 is 32.4 Å². The second-order valence-electron chi connectivity index (χ2n) is 8.94. The van der Waals surface area contributed by atoms with E-state index < -0.39 is 35.4 Å². The molecule has 0 radical (unpaired) electrons. The van der Waals surface area contributed by atoms with Crippen LogP contribution >= 0.6 is 0 Å². The summed E-state index contributed by atoms with van der Waals surface area (Å²) in [4.78, 5) is 28.8. The maximum absolute atomic E-state index is 15.0. The summed E-state index contributed by atoms with van der Waals surface area (Å²) in [5, 5.41) is 19.8. The quantitative estimate of drug-likeness (QED) is 0.288. The number of nitrogens with one attached hydrogen (secondary N) is 1. The van der Waals surface area contributed by atoms with E-state index in [1.54, 1.807) is 12.1 Å². The van der Waals surface area contributed by atoms with Crippen molar-refractivity contribution in [3.63, 3.8) is 0 Å². The monoisotopic (exact) mass is 547 g/mol. The van der Waals surface area contributed by atoms with Crippen molar-refractivity contribution in [2.45, 2.75) is 19.4 Å². The molecule has 3 aromatic carbocycles. The third-order valence-electron chi connectivity index (χ3n) is 6.05. The molecule has 0 aliphatic carbocycles. The molecule has 12 heteroatoms. The van der Waals surface area contributed by atoms with E-state index in [2.05, 4.69) is 20.6 Å². The summed E-state index contributed by atoms with van der Waals surface area (Å²) >= 11 is 0. The van der Waals surface area contributed by atoms with Gasteiger partial charge >= 0.3 is 5.97 Å². The number of halogens is 3. The molecule has 0 saturated heterocycles. The number of carbonyl (C=O) groups excluding carboxylic acids is 1. The van der Waals surface area contributed by atoms with Crippen LogP contribution in [0, 0.1) is 24.4 Å². The topological polar surface area (TPSA) is 123 Å². The van der Waals surface area contributed by atoms with E-state index in [-0.39, 0.29) is 35.0 Å². The Balaban J connectivity index is 1.28. The molecule has 0 spiro atoms. The maximum atomic E-state index is 15.0. The average Bonchev–Trinajstić information content (AvgIpc) is 3.61. The summed E-state index contributed by atoms with van der Waals surface area (Å²) in [6, 6.07) is 13.1. The summed E-state index contributed by atoms with van der Waals surface area (Å²) in [6.07, 6.45) is 2.17. The molecule has 2 aromatic heterocycles. The summed E-state index contributed by atoms with van der Waals surface area (Å²) in [6.45, 7) is 1.94. The molecule has 0 aliphatic rings. The minimum absolute atomic E-state index is 0.0148. The van der Waals surface area contributed by atoms with Crippen LogP contribution < -0.4 is 5.32 Å². The lowest BCUT2D eigenvalue weighted by Crippen LogP contribution is -2.42. The first kappa shape index (κ1) is 26.4. The van der Waals surface area contributed by atoms with Gasteiger partial charge in [0.15, 0.2) is 11.6 Å². The molecule has 1 unspecified atom stereocenters. The standard InChI is InChI=1S/C28H20F3N5O4/c1-15-2-5-17(6-3-15)27-34-25(35-40-27)20-8-4-16(10-22(20)30)11-24(28(38)39)33-26(37)18-13-32-36(14-18)19-7-9-21(29)23(31)12-19/h2-10,12-14,24H,11H2,1H3,(H,33,37)(H,38,39). The second kappa shape index (κ2) is 10.8. The molecule has 40 heavy (non-hydrogen) atoms. The van der Waals surface area contributed by atoms with Crippen LogP contribution in [0.5, 0.6) is 0 Å². The number of aryl methyl sites for hydroxylation is 1. The normalized spacial score (nSPS) is 11.8. The lowest BCUT2D eigenvalue weighted by Gasteiger charge is -2.14. The highest BCUT2D eigenvalue weighted by Gasteiger charge is 2.23. The highest BCUT2D eigenvalue weighted by atomic mass is 19.2. The molecular formula is C28H20F3N5O4. The van der Waals surface area contributed by atoms with Crippen LogP contribution in [-0.2, 0) is 11.2 Å². The Labute approximate surface area is 224 Å². The van der Waals surface area contributed by atoms with Crippen LogP contribution in [0.3, 0.4) is 0 Å². The van der Waals surface area contributed by atoms with Gasteiger partial charge in [-0.3, -0.25) is 4.79 Å². The van der Waals surface area contributed by atoms with Crippen molar-refractivity contribution in [1.82, 2.24) is 25.2 Å². The van der Waals surface area contributed by atoms with Gasteiger partial charge in [-0.2, -0.15) is 10.1 Å². The second-order valence-corrected chi connectivity index (χ2v) is 8.94. The Hall–Kier alpha value is -5.26. The van der Waals surface area contributed by atoms with Gasteiger partial charge in [0.05, 0.1) is 23.0 Å². The number of rotatable bonds is 8. The molecular weight excluding hydrogens is 527 g/mol. The summed E-state index contributed by atoms with van der Waals surface area (Å²) in [5.74, 6) is -4.68. The molecule has 2 N–H and O–H groups in total. The molecule has 202 valence electrons. The molecule has 1 amide bonds. The number of carboxylic acid groups (broad SMARTS) is 1. The third kappa shape index (κ3) is 5.60. The fourth-order valence-electron chi connectivity index (χ4n) is 3.90. The van der Waals surface area contributed by atoms with Gasteiger partial charge in [0.25, 0.3) is 11.8 Å². The van der Waals surface area contributed by atoms with Crippen LogP contribution in [0.1, 0.15) is 21.5 Å². The van der Waals surface area contributed by atoms with E-state index in [1.165, 1.54) is 24.4 Å². The van der Waals surface area contributed by atoms with Crippen LogP contribution in [0.25, 0.3) is 28.5 Å². The largest absolute Gasteiger partial charge is 0.480 e.